The molecule has 0 bridgehead atoms. The van der Waals surface area contributed by atoms with Crippen molar-refractivity contribution in [2.75, 3.05) is 0 Å². The summed E-state index contributed by atoms with van der Waals surface area (Å²) in [5.74, 6) is 0.793. The lowest BCUT2D eigenvalue weighted by molar-refractivity contribution is 0.430. The van der Waals surface area contributed by atoms with Gasteiger partial charge in [-0.3, -0.25) is 4.68 Å². The molecule has 0 unspecified atom stereocenters. The Morgan fingerprint density at radius 1 is 1.40 bits per heavy atom. The van der Waals surface area contributed by atoms with Crippen LogP contribution in [0.5, 0.6) is 5.88 Å². The van der Waals surface area contributed by atoms with Crippen LogP contribution in [0.3, 0.4) is 0 Å². The Bertz CT molecular complexity index is 316. The zero-order chi connectivity index (χ0) is 11.4. The van der Waals surface area contributed by atoms with Crippen molar-refractivity contribution in [1.29, 1.82) is 0 Å². The summed E-state index contributed by atoms with van der Waals surface area (Å²) in [5.41, 5.74) is 2.13. The van der Waals surface area contributed by atoms with Crippen LogP contribution in [0.1, 0.15) is 44.9 Å². The Balaban J connectivity index is 2.88. The van der Waals surface area contributed by atoms with E-state index in [1.807, 2.05) is 11.6 Å². The lowest BCUT2D eigenvalue weighted by Gasteiger charge is -2.09. The van der Waals surface area contributed by atoms with Crippen LogP contribution in [0.2, 0.25) is 0 Å². The van der Waals surface area contributed by atoms with Gasteiger partial charge in [-0.25, -0.2) is 0 Å². The fourth-order valence-electron chi connectivity index (χ4n) is 1.71. The third-order valence-electron chi connectivity index (χ3n) is 2.62. The SMILES string of the molecule is CCCCn1nc(O)c(C)c1CC(C)C. The van der Waals surface area contributed by atoms with E-state index >= 15 is 0 Å². The van der Waals surface area contributed by atoms with E-state index < -0.39 is 0 Å². The van der Waals surface area contributed by atoms with Crippen LogP contribution < -0.4 is 0 Å². The van der Waals surface area contributed by atoms with Gasteiger partial charge in [-0.15, -0.1) is 5.10 Å². The van der Waals surface area contributed by atoms with Crippen molar-refractivity contribution in [3.05, 3.63) is 11.3 Å². The molecule has 0 saturated heterocycles. The molecule has 0 fully saturated rings. The maximum Gasteiger partial charge on any atom is 0.233 e. The van der Waals surface area contributed by atoms with E-state index in [1.54, 1.807) is 0 Å². The maximum atomic E-state index is 9.60. The monoisotopic (exact) mass is 210 g/mol. The van der Waals surface area contributed by atoms with Gasteiger partial charge in [-0.2, -0.15) is 0 Å². The minimum Gasteiger partial charge on any atom is -0.492 e. The summed E-state index contributed by atoms with van der Waals surface area (Å²) < 4.78 is 1.97. The van der Waals surface area contributed by atoms with Gasteiger partial charge in [0.05, 0.1) is 0 Å². The van der Waals surface area contributed by atoms with Crippen LogP contribution >= 0.6 is 0 Å². The summed E-state index contributed by atoms with van der Waals surface area (Å²) >= 11 is 0. The van der Waals surface area contributed by atoms with Gasteiger partial charge >= 0.3 is 0 Å². The molecule has 0 aromatic carbocycles. The van der Waals surface area contributed by atoms with Crippen LogP contribution in [-0.2, 0) is 13.0 Å². The number of unbranched alkanes of at least 4 members (excludes halogenated alkanes) is 1. The van der Waals surface area contributed by atoms with Crippen molar-refractivity contribution in [2.24, 2.45) is 5.92 Å². The van der Waals surface area contributed by atoms with Crippen molar-refractivity contribution in [2.45, 2.75) is 53.5 Å². The number of aromatic nitrogens is 2. The molecule has 1 aromatic heterocycles. The number of aryl methyl sites for hydroxylation is 1. The van der Waals surface area contributed by atoms with Crippen LogP contribution in [0.25, 0.3) is 0 Å². The largest absolute Gasteiger partial charge is 0.492 e. The predicted molar refractivity (Wildman–Crippen MR) is 62.1 cm³/mol. The molecule has 3 nitrogen and oxygen atoms in total. The first-order chi connectivity index (χ1) is 7.06. The molecule has 0 amide bonds. The van der Waals surface area contributed by atoms with Gasteiger partial charge in [0.15, 0.2) is 0 Å². The average Bonchev–Trinajstić information content (AvgIpc) is 2.42. The Labute approximate surface area is 92.1 Å². The molecule has 1 aromatic rings. The maximum absolute atomic E-state index is 9.60. The Morgan fingerprint density at radius 3 is 2.60 bits per heavy atom. The number of rotatable bonds is 5. The molecule has 0 aliphatic carbocycles. The third-order valence-corrected chi connectivity index (χ3v) is 2.62. The summed E-state index contributed by atoms with van der Waals surface area (Å²) in [5, 5.41) is 13.8. The zero-order valence-corrected chi connectivity index (χ0v) is 10.2. The molecule has 1 heterocycles. The van der Waals surface area contributed by atoms with Crippen molar-refractivity contribution < 1.29 is 5.11 Å². The van der Waals surface area contributed by atoms with Crippen molar-refractivity contribution in [3.63, 3.8) is 0 Å². The topological polar surface area (TPSA) is 38.0 Å². The third kappa shape index (κ3) is 2.98. The summed E-state index contributed by atoms with van der Waals surface area (Å²) in [6, 6.07) is 0. The van der Waals surface area contributed by atoms with Crippen molar-refractivity contribution in [1.82, 2.24) is 9.78 Å². The van der Waals surface area contributed by atoms with E-state index in [0.29, 0.717) is 5.92 Å². The van der Waals surface area contributed by atoms with Gasteiger partial charge in [-0.1, -0.05) is 27.2 Å². The second kappa shape index (κ2) is 5.19. The Kier molecular flexibility index (Phi) is 4.18. The Morgan fingerprint density at radius 2 is 2.07 bits per heavy atom. The molecule has 1 rings (SSSR count). The van der Waals surface area contributed by atoms with E-state index in [1.165, 1.54) is 5.69 Å². The molecule has 0 aliphatic rings. The summed E-state index contributed by atoms with van der Waals surface area (Å²) in [6.45, 7) is 9.40. The van der Waals surface area contributed by atoms with Gasteiger partial charge in [-0.05, 0) is 25.7 Å². The summed E-state index contributed by atoms with van der Waals surface area (Å²) in [4.78, 5) is 0. The molecule has 0 atom stereocenters. The fourth-order valence-corrected chi connectivity index (χ4v) is 1.71. The van der Waals surface area contributed by atoms with Crippen LogP contribution in [-0.4, -0.2) is 14.9 Å². The highest BCUT2D eigenvalue weighted by Crippen LogP contribution is 2.22. The number of hydrogen-bond acceptors (Lipinski definition) is 2. The fraction of sp³-hybridized carbons (Fsp3) is 0.750. The van der Waals surface area contributed by atoms with Crippen LogP contribution in [0.4, 0.5) is 0 Å². The normalized spacial score (nSPS) is 11.3. The van der Waals surface area contributed by atoms with Gasteiger partial charge < -0.3 is 5.11 Å². The van der Waals surface area contributed by atoms with E-state index in [-0.39, 0.29) is 5.88 Å². The smallest absolute Gasteiger partial charge is 0.233 e. The molecule has 86 valence electrons. The lowest BCUT2D eigenvalue weighted by atomic mass is 10.1. The summed E-state index contributed by atoms with van der Waals surface area (Å²) in [6.07, 6.45) is 3.26. The first-order valence-corrected chi connectivity index (χ1v) is 5.81. The average molecular weight is 210 g/mol. The Hall–Kier alpha value is -0.990. The van der Waals surface area contributed by atoms with Crippen LogP contribution in [0, 0.1) is 12.8 Å². The summed E-state index contributed by atoms with van der Waals surface area (Å²) in [7, 11) is 0. The minimum absolute atomic E-state index is 0.196. The lowest BCUT2D eigenvalue weighted by Crippen LogP contribution is -2.08. The molecule has 15 heavy (non-hydrogen) atoms. The number of aromatic hydroxyl groups is 1. The van der Waals surface area contributed by atoms with Crippen LogP contribution in [0.15, 0.2) is 0 Å². The number of hydrogen-bond donors (Lipinski definition) is 1. The van der Waals surface area contributed by atoms with Gasteiger partial charge in [0.25, 0.3) is 0 Å². The van der Waals surface area contributed by atoms with E-state index in [4.69, 9.17) is 0 Å². The van der Waals surface area contributed by atoms with Crippen molar-refractivity contribution in [3.8, 4) is 5.88 Å². The highest BCUT2D eigenvalue weighted by molar-refractivity contribution is 5.28. The predicted octanol–water partition coefficient (Wildman–Crippen LogP) is 2.90. The molecular formula is C12H22N2O. The highest BCUT2D eigenvalue weighted by atomic mass is 16.3. The molecule has 0 radical (unpaired) electrons. The first-order valence-electron chi connectivity index (χ1n) is 5.81. The molecular weight excluding hydrogens is 188 g/mol. The van der Waals surface area contributed by atoms with E-state index in [0.717, 1.165) is 31.4 Å². The highest BCUT2D eigenvalue weighted by Gasteiger charge is 2.13. The molecule has 1 N–H and O–H groups in total. The second-order valence-electron chi connectivity index (χ2n) is 4.57. The van der Waals surface area contributed by atoms with Crippen molar-refractivity contribution >= 4 is 0 Å². The van der Waals surface area contributed by atoms with Gasteiger partial charge in [0, 0.05) is 17.8 Å². The molecule has 0 aliphatic heterocycles. The quantitative estimate of drug-likeness (QED) is 0.811. The second-order valence-corrected chi connectivity index (χ2v) is 4.57. The standard InChI is InChI=1S/C12H22N2O/c1-5-6-7-14-11(8-9(2)3)10(4)12(15)13-14/h9H,5-8H2,1-4H3,(H,13,15). The number of nitrogens with zero attached hydrogens (tertiary/aromatic N) is 2. The molecule has 0 spiro atoms. The molecule has 0 saturated carbocycles. The molecule has 3 heteroatoms. The van der Waals surface area contributed by atoms with Gasteiger partial charge in [0.1, 0.15) is 0 Å². The van der Waals surface area contributed by atoms with Gasteiger partial charge in [0.2, 0.25) is 5.88 Å². The van der Waals surface area contributed by atoms with E-state index in [2.05, 4.69) is 25.9 Å². The zero-order valence-electron chi connectivity index (χ0n) is 10.2. The minimum atomic E-state index is 0.196. The van der Waals surface area contributed by atoms with E-state index in [9.17, 15) is 5.11 Å². The first kappa shape index (κ1) is 12.1.